The molecule has 0 fully saturated rings. The van der Waals surface area contributed by atoms with E-state index in [0.717, 1.165) is 13.0 Å². The normalized spacial score (nSPS) is 10.4. The van der Waals surface area contributed by atoms with Gasteiger partial charge in [0.15, 0.2) is 0 Å². The molecule has 1 rings (SSSR count). The Labute approximate surface area is 101 Å². The molecule has 0 radical (unpaired) electrons. The minimum absolute atomic E-state index is 0.325. The summed E-state index contributed by atoms with van der Waals surface area (Å²) in [5.74, 6) is 0.813. The maximum atomic E-state index is 11.4. The number of carbonyl (C=O) groups is 1. The zero-order chi connectivity index (χ0) is 12.8. The number of nitrogens with two attached hydrogens (primary N) is 1. The molecule has 0 amide bonds. The molecule has 0 atom stereocenters. The molecule has 0 saturated heterocycles. The number of hydrogen-bond donors (Lipinski definition) is 2. The Bertz CT molecular complexity index is 391. The van der Waals surface area contributed by atoms with Crippen molar-refractivity contribution in [3.8, 4) is 0 Å². The first-order valence-corrected chi connectivity index (χ1v) is 5.62. The van der Waals surface area contributed by atoms with Gasteiger partial charge < -0.3 is 15.8 Å². The van der Waals surface area contributed by atoms with E-state index in [4.69, 9.17) is 5.73 Å². The third-order valence-corrected chi connectivity index (χ3v) is 2.37. The molecule has 0 aliphatic carbocycles. The number of rotatable bonds is 5. The fraction of sp³-hybridized carbons (Fsp3) is 0.500. The van der Waals surface area contributed by atoms with E-state index < -0.39 is 5.97 Å². The molecule has 0 aliphatic heterocycles. The number of esters is 1. The van der Waals surface area contributed by atoms with E-state index in [1.807, 2.05) is 0 Å². The molecule has 0 aromatic carbocycles. The van der Waals surface area contributed by atoms with Crippen molar-refractivity contribution >= 4 is 17.5 Å². The van der Waals surface area contributed by atoms with Crippen LogP contribution < -0.4 is 11.1 Å². The lowest BCUT2D eigenvalue weighted by Crippen LogP contribution is -2.10. The average molecular weight is 237 g/mol. The molecule has 17 heavy (non-hydrogen) atoms. The van der Waals surface area contributed by atoms with Crippen molar-refractivity contribution in [1.29, 1.82) is 0 Å². The lowest BCUT2D eigenvalue weighted by Gasteiger charge is -2.09. The van der Waals surface area contributed by atoms with Crippen LogP contribution in [-0.2, 0) is 4.74 Å². The molecular formula is C12H19N3O2. The monoisotopic (exact) mass is 237 g/mol. The van der Waals surface area contributed by atoms with Crippen molar-refractivity contribution in [2.24, 2.45) is 5.92 Å². The molecule has 0 spiro atoms. The van der Waals surface area contributed by atoms with Gasteiger partial charge in [-0.15, -0.1) is 0 Å². The topological polar surface area (TPSA) is 77.2 Å². The molecule has 1 heterocycles. The van der Waals surface area contributed by atoms with E-state index in [0.29, 0.717) is 23.0 Å². The molecule has 0 unspecified atom stereocenters. The fourth-order valence-corrected chi connectivity index (χ4v) is 1.34. The lowest BCUT2D eigenvalue weighted by molar-refractivity contribution is 0.0602. The second kappa shape index (κ2) is 6.08. The van der Waals surface area contributed by atoms with E-state index in [9.17, 15) is 4.79 Å². The summed E-state index contributed by atoms with van der Waals surface area (Å²) in [7, 11) is 1.33. The Morgan fingerprint density at radius 3 is 2.88 bits per heavy atom. The molecular weight excluding hydrogens is 218 g/mol. The van der Waals surface area contributed by atoms with Gasteiger partial charge >= 0.3 is 5.97 Å². The summed E-state index contributed by atoms with van der Waals surface area (Å²) in [6, 6.07) is 1.61. The number of methoxy groups -OCH3 is 1. The Kier molecular flexibility index (Phi) is 4.75. The second-order valence-corrected chi connectivity index (χ2v) is 4.26. The lowest BCUT2D eigenvalue weighted by atomic mass is 10.1. The van der Waals surface area contributed by atoms with E-state index in [1.165, 1.54) is 13.3 Å². The van der Waals surface area contributed by atoms with Crippen LogP contribution in [0.5, 0.6) is 0 Å². The predicted molar refractivity (Wildman–Crippen MR) is 67.9 cm³/mol. The zero-order valence-corrected chi connectivity index (χ0v) is 10.5. The Balaban J connectivity index is 2.71. The number of hydrogen-bond acceptors (Lipinski definition) is 5. The van der Waals surface area contributed by atoms with E-state index in [-0.39, 0.29) is 0 Å². The Hall–Kier alpha value is -1.78. The maximum Gasteiger partial charge on any atom is 0.340 e. The van der Waals surface area contributed by atoms with Crippen LogP contribution in [0.2, 0.25) is 0 Å². The van der Waals surface area contributed by atoms with Crippen LogP contribution in [-0.4, -0.2) is 24.6 Å². The molecule has 0 aliphatic rings. The van der Waals surface area contributed by atoms with Gasteiger partial charge in [-0.25, -0.2) is 9.78 Å². The van der Waals surface area contributed by atoms with Crippen LogP contribution >= 0.6 is 0 Å². The Morgan fingerprint density at radius 1 is 1.59 bits per heavy atom. The summed E-state index contributed by atoms with van der Waals surface area (Å²) in [6.07, 6.45) is 2.50. The summed E-state index contributed by atoms with van der Waals surface area (Å²) in [5.41, 5.74) is 6.32. The summed E-state index contributed by atoms with van der Waals surface area (Å²) in [5, 5.41) is 3.15. The van der Waals surface area contributed by atoms with Gasteiger partial charge in [0.25, 0.3) is 0 Å². The minimum atomic E-state index is -0.447. The van der Waals surface area contributed by atoms with Crippen molar-refractivity contribution in [3.05, 3.63) is 17.8 Å². The SMILES string of the molecule is COC(=O)c1cc(NCCC(C)C)ncc1N. The second-order valence-electron chi connectivity index (χ2n) is 4.26. The fourth-order valence-electron chi connectivity index (χ4n) is 1.34. The van der Waals surface area contributed by atoms with Gasteiger partial charge in [0.2, 0.25) is 0 Å². The third-order valence-electron chi connectivity index (χ3n) is 2.37. The van der Waals surface area contributed by atoms with Crippen LogP contribution in [0.15, 0.2) is 12.3 Å². The van der Waals surface area contributed by atoms with Gasteiger partial charge in [-0.2, -0.15) is 0 Å². The molecule has 94 valence electrons. The standard InChI is InChI=1S/C12H19N3O2/c1-8(2)4-5-14-11-6-9(12(16)17-3)10(13)7-15-11/h6-8H,4-5,13H2,1-3H3,(H,14,15). The number of anilines is 2. The zero-order valence-electron chi connectivity index (χ0n) is 10.5. The van der Waals surface area contributed by atoms with Crippen molar-refractivity contribution in [3.63, 3.8) is 0 Å². The number of nitrogens with zero attached hydrogens (tertiary/aromatic N) is 1. The quantitative estimate of drug-likeness (QED) is 0.765. The summed E-state index contributed by atoms with van der Waals surface area (Å²) in [6.45, 7) is 5.12. The molecule has 1 aromatic heterocycles. The number of pyridine rings is 1. The first-order chi connectivity index (χ1) is 8.04. The first-order valence-electron chi connectivity index (χ1n) is 5.62. The average Bonchev–Trinajstić information content (AvgIpc) is 2.30. The van der Waals surface area contributed by atoms with Gasteiger partial charge in [-0.05, 0) is 18.4 Å². The van der Waals surface area contributed by atoms with Gasteiger partial charge in [0, 0.05) is 6.54 Å². The van der Waals surface area contributed by atoms with E-state index in [2.05, 4.69) is 28.9 Å². The smallest absolute Gasteiger partial charge is 0.340 e. The van der Waals surface area contributed by atoms with Crippen LogP contribution in [0.1, 0.15) is 30.6 Å². The number of aromatic nitrogens is 1. The van der Waals surface area contributed by atoms with Crippen LogP contribution in [0.25, 0.3) is 0 Å². The number of carbonyl (C=O) groups excluding carboxylic acids is 1. The number of nitrogens with one attached hydrogen (secondary N) is 1. The molecule has 5 heteroatoms. The van der Waals surface area contributed by atoms with E-state index >= 15 is 0 Å². The highest BCUT2D eigenvalue weighted by Crippen LogP contribution is 2.16. The van der Waals surface area contributed by atoms with Crippen molar-refractivity contribution < 1.29 is 9.53 Å². The Morgan fingerprint density at radius 2 is 2.29 bits per heavy atom. The highest BCUT2D eigenvalue weighted by Gasteiger charge is 2.11. The molecule has 3 N–H and O–H groups in total. The van der Waals surface area contributed by atoms with Gasteiger partial charge in [-0.1, -0.05) is 13.8 Å². The highest BCUT2D eigenvalue weighted by atomic mass is 16.5. The third kappa shape index (κ3) is 3.94. The molecule has 0 saturated carbocycles. The van der Waals surface area contributed by atoms with Crippen LogP contribution in [0, 0.1) is 5.92 Å². The summed E-state index contributed by atoms with van der Waals surface area (Å²) in [4.78, 5) is 15.5. The number of ether oxygens (including phenoxy) is 1. The largest absolute Gasteiger partial charge is 0.465 e. The first kappa shape index (κ1) is 13.3. The number of nitrogen functional groups attached to an aromatic ring is 1. The van der Waals surface area contributed by atoms with Crippen LogP contribution in [0.3, 0.4) is 0 Å². The highest BCUT2D eigenvalue weighted by molar-refractivity contribution is 5.95. The van der Waals surface area contributed by atoms with Gasteiger partial charge in [0.1, 0.15) is 5.82 Å². The van der Waals surface area contributed by atoms with Crippen LogP contribution in [0.4, 0.5) is 11.5 Å². The molecule has 1 aromatic rings. The van der Waals surface area contributed by atoms with Crippen molar-refractivity contribution in [2.75, 3.05) is 24.7 Å². The molecule has 5 nitrogen and oxygen atoms in total. The van der Waals surface area contributed by atoms with Gasteiger partial charge in [0.05, 0.1) is 24.6 Å². The maximum absolute atomic E-state index is 11.4. The minimum Gasteiger partial charge on any atom is -0.465 e. The predicted octanol–water partition coefficient (Wildman–Crippen LogP) is 1.91. The van der Waals surface area contributed by atoms with Crippen molar-refractivity contribution in [2.45, 2.75) is 20.3 Å². The van der Waals surface area contributed by atoms with Gasteiger partial charge in [-0.3, -0.25) is 0 Å². The van der Waals surface area contributed by atoms with Crippen molar-refractivity contribution in [1.82, 2.24) is 4.98 Å². The van der Waals surface area contributed by atoms with E-state index in [1.54, 1.807) is 6.07 Å². The summed E-state index contributed by atoms with van der Waals surface area (Å²) >= 11 is 0. The summed E-state index contributed by atoms with van der Waals surface area (Å²) < 4.78 is 4.64. The molecule has 0 bridgehead atoms.